The van der Waals surface area contributed by atoms with Gasteiger partial charge in [-0.15, -0.1) is 0 Å². The molecule has 0 amide bonds. The third-order valence-electron chi connectivity index (χ3n) is 3.83. The predicted molar refractivity (Wildman–Crippen MR) is 95.5 cm³/mol. The van der Waals surface area contributed by atoms with Crippen molar-refractivity contribution in [2.75, 3.05) is 13.7 Å². The molecule has 0 saturated carbocycles. The maximum Gasteiger partial charge on any atom is 0.338 e. The zero-order valence-electron chi connectivity index (χ0n) is 14.5. The zero-order valence-corrected chi connectivity index (χ0v) is 16.0. The van der Waals surface area contributed by atoms with Crippen LogP contribution >= 0.6 is 15.9 Å². The summed E-state index contributed by atoms with van der Waals surface area (Å²) < 4.78 is 15.6. The molecule has 1 unspecified atom stereocenters. The van der Waals surface area contributed by atoms with Crippen LogP contribution in [0.2, 0.25) is 0 Å². The number of nitrogens with zero attached hydrogens (tertiary/aromatic N) is 1. The van der Waals surface area contributed by atoms with Crippen molar-refractivity contribution >= 4 is 27.9 Å². The molecule has 1 aliphatic heterocycles. The van der Waals surface area contributed by atoms with E-state index in [9.17, 15) is 14.9 Å². The number of carbonyl (C=O) groups is 2. The minimum absolute atomic E-state index is 0.0729. The number of methoxy groups -OCH3 is 1. The lowest BCUT2D eigenvalue weighted by Gasteiger charge is -2.27. The minimum Gasteiger partial charge on any atom is -0.465 e. The van der Waals surface area contributed by atoms with Gasteiger partial charge in [0.25, 0.3) is 0 Å². The number of benzene rings is 1. The second-order valence-corrected chi connectivity index (χ2v) is 6.20. The van der Waals surface area contributed by atoms with Gasteiger partial charge in [0.15, 0.2) is 0 Å². The van der Waals surface area contributed by atoms with Gasteiger partial charge in [0.2, 0.25) is 5.88 Å². The van der Waals surface area contributed by atoms with Crippen LogP contribution in [-0.2, 0) is 19.0 Å². The number of carbonyl (C=O) groups excluding carboxylic acids is 2. The molecule has 1 atom stereocenters. The lowest BCUT2D eigenvalue weighted by atomic mass is 9.83. The number of rotatable bonds is 4. The SMILES string of the molecule is CCOC(=O)C1=C(C)OC(N)=C(C#N)C1c1ccc(C(=O)OC)c(Br)c1. The normalized spacial score (nSPS) is 16.7. The van der Waals surface area contributed by atoms with Crippen molar-refractivity contribution in [3.05, 3.63) is 56.6 Å². The average molecular weight is 421 g/mol. The molecule has 1 aromatic carbocycles. The van der Waals surface area contributed by atoms with E-state index < -0.39 is 17.9 Å². The van der Waals surface area contributed by atoms with Crippen molar-refractivity contribution in [3.63, 3.8) is 0 Å². The highest BCUT2D eigenvalue weighted by atomic mass is 79.9. The molecule has 1 aromatic rings. The average Bonchev–Trinajstić information content (AvgIpc) is 2.60. The van der Waals surface area contributed by atoms with Gasteiger partial charge in [-0.25, -0.2) is 9.59 Å². The summed E-state index contributed by atoms with van der Waals surface area (Å²) in [4.78, 5) is 24.2. The van der Waals surface area contributed by atoms with E-state index in [1.54, 1.807) is 32.0 Å². The van der Waals surface area contributed by atoms with Gasteiger partial charge >= 0.3 is 11.9 Å². The van der Waals surface area contributed by atoms with Crippen molar-refractivity contribution in [3.8, 4) is 6.07 Å². The highest BCUT2D eigenvalue weighted by Gasteiger charge is 2.36. The lowest BCUT2D eigenvalue weighted by molar-refractivity contribution is -0.139. The molecule has 7 nitrogen and oxygen atoms in total. The summed E-state index contributed by atoms with van der Waals surface area (Å²) in [7, 11) is 1.28. The molecule has 2 rings (SSSR count). The van der Waals surface area contributed by atoms with Gasteiger partial charge in [0.1, 0.15) is 17.4 Å². The summed E-state index contributed by atoms with van der Waals surface area (Å²) in [5, 5.41) is 9.53. The summed E-state index contributed by atoms with van der Waals surface area (Å²) in [5.41, 5.74) is 7.02. The molecule has 0 spiro atoms. The highest BCUT2D eigenvalue weighted by Crippen LogP contribution is 2.40. The fraction of sp³-hybridized carbons (Fsp3) is 0.278. The van der Waals surface area contributed by atoms with Gasteiger partial charge in [-0.2, -0.15) is 5.26 Å². The Bertz CT molecular complexity index is 867. The van der Waals surface area contributed by atoms with Crippen molar-refractivity contribution in [2.24, 2.45) is 5.73 Å². The monoisotopic (exact) mass is 420 g/mol. The molecule has 0 bridgehead atoms. The predicted octanol–water partition coefficient (Wildman–Crippen LogP) is 2.88. The van der Waals surface area contributed by atoms with Crippen LogP contribution in [0.25, 0.3) is 0 Å². The van der Waals surface area contributed by atoms with E-state index in [0.717, 1.165) is 0 Å². The van der Waals surface area contributed by atoms with E-state index in [1.165, 1.54) is 7.11 Å². The lowest BCUT2D eigenvalue weighted by Crippen LogP contribution is -2.25. The Morgan fingerprint density at radius 3 is 2.62 bits per heavy atom. The fourth-order valence-corrected chi connectivity index (χ4v) is 3.23. The van der Waals surface area contributed by atoms with Gasteiger partial charge in [0.05, 0.1) is 30.8 Å². The Morgan fingerprint density at radius 1 is 1.38 bits per heavy atom. The fourth-order valence-electron chi connectivity index (χ4n) is 2.67. The molecule has 0 aliphatic carbocycles. The van der Waals surface area contributed by atoms with Gasteiger partial charge in [-0.1, -0.05) is 6.07 Å². The first-order valence-electron chi connectivity index (χ1n) is 7.68. The van der Waals surface area contributed by atoms with E-state index >= 15 is 0 Å². The molecule has 8 heteroatoms. The maximum absolute atomic E-state index is 12.4. The molecule has 136 valence electrons. The number of ether oxygens (including phenoxy) is 3. The minimum atomic E-state index is -0.768. The van der Waals surface area contributed by atoms with Crippen LogP contribution in [0.5, 0.6) is 0 Å². The Morgan fingerprint density at radius 2 is 2.08 bits per heavy atom. The van der Waals surface area contributed by atoms with Crippen molar-refractivity contribution in [2.45, 2.75) is 19.8 Å². The molecular formula is C18H17BrN2O5. The second-order valence-electron chi connectivity index (χ2n) is 5.35. The van der Waals surface area contributed by atoms with E-state index in [2.05, 4.69) is 15.9 Å². The number of hydrogen-bond acceptors (Lipinski definition) is 7. The first kappa shape index (κ1) is 19.5. The summed E-state index contributed by atoms with van der Waals surface area (Å²) in [5.74, 6) is -1.68. The van der Waals surface area contributed by atoms with Crippen LogP contribution in [0.1, 0.15) is 35.7 Å². The Balaban J connectivity index is 2.62. The van der Waals surface area contributed by atoms with E-state index in [4.69, 9.17) is 19.9 Å². The van der Waals surface area contributed by atoms with Crippen LogP contribution in [0.4, 0.5) is 0 Å². The van der Waals surface area contributed by atoms with E-state index in [1.807, 2.05) is 6.07 Å². The van der Waals surface area contributed by atoms with Gasteiger partial charge < -0.3 is 19.9 Å². The number of halogens is 1. The summed E-state index contributed by atoms with van der Waals surface area (Å²) in [6.45, 7) is 3.44. The van der Waals surface area contributed by atoms with Crippen molar-refractivity contribution in [1.29, 1.82) is 5.26 Å². The third kappa shape index (κ3) is 3.58. The number of hydrogen-bond donors (Lipinski definition) is 1. The third-order valence-corrected chi connectivity index (χ3v) is 4.49. The molecular weight excluding hydrogens is 404 g/mol. The maximum atomic E-state index is 12.4. The van der Waals surface area contributed by atoms with Crippen molar-refractivity contribution in [1.82, 2.24) is 0 Å². The zero-order chi connectivity index (χ0) is 19.4. The molecule has 26 heavy (non-hydrogen) atoms. The van der Waals surface area contributed by atoms with Crippen LogP contribution < -0.4 is 5.73 Å². The van der Waals surface area contributed by atoms with E-state index in [-0.39, 0.29) is 29.4 Å². The highest BCUT2D eigenvalue weighted by molar-refractivity contribution is 9.10. The van der Waals surface area contributed by atoms with Crippen molar-refractivity contribution < 1.29 is 23.8 Å². The topological polar surface area (TPSA) is 112 Å². The first-order valence-corrected chi connectivity index (χ1v) is 8.48. The molecule has 2 N–H and O–H groups in total. The molecule has 0 saturated heterocycles. The van der Waals surface area contributed by atoms with Gasteiger partial charge in [-0.3, -0.25) is 0 Å². The first-order chi connectivity index (χ1) is 12.3. The molecule has 1 aliphatic rings. The Kier molecular flexibility index (Phi) is 6.05. The van der Waals surface area contributed by atoms with Crippen LogP contribution in [-0.4, -0.2) is 25.7 Å². The standard InChI is InChI=1S/C18H17BrN2O5/c1-4-25-18(23)14-9(2)26-16(21)12(8-20)15(14)10-5-6-11(13(19)7-10)17(22)24-3/h5-7,15H,4,21H2,1-3H3. The smallest absolute Gasteiger partial charge is 0.338 e. The summed E-state index contributed by atoms with van der Waals surface area (Å²) >= 11 is 3.32. The quantitative estimate of drug-likeness (QED) is 0.744. The molecule has 1 heterocycles. The number of esters is 2. The molecule has 0 fully saturated rings. The Labute approximate surface area is 159 Å². The molecule has 0 aromatic heterocycles. The number of nitrogens with two attached hydrogens (primary N) is 1. The van der Waals surface area contributed by atoms with Crippen LogP contribution in [0.3, 0.4) is 0 Å². The van der Waals surface area contributed by atoms with E-state index in [0.29, 0.717) is 15.6 Å². The van der Waals surface area contributed by atoms with Gasteiger partial charge in [0, 0.05) is 4.47 Å². The van der Waals surface area contributed by atoms with Crippen LogP contribution in [0, 0.1) is 11.3 Å². The second kappa shape index (κ2) is 8.06. The van der Waals surface area contributed by atoms with Gasteiger partial charge in [-0.05, 0) is 47.5 Å². The van der Waals surface area contributed by atoms with Crippen LogP contribution in [0.15, 0.2) is 45.5 Å². The summed E-state index contributed by atoms with van der Waals surface area (Å²) in [6.07, 6.45) is 0. The Hall–Kier alpha value is -2.79. The number of nitriles is 1. The summed E-state index contributed by atoms with van der Waals surface area (Å²) in [6, 6.07) is 6.81. The molecule has 0 radical (unpaired) electrons. The number of allylic oxidation sites excluding steroid dienone is 2. The largest absolute Gasteiger partial charge is 0.465 e.